The van der Waals surface area contributed by atoms with Crippen LogP contribution in [0.3, 0.4) is 0 Å². The number of hydrogen-bond donors (Lipinski definition) is 0. The molecule has 3 aliphatic heterocycles. The number of benzene rings is 7. The van der Waals surface area contributed by atoms with Gasteiger partial charge in [-0.1, -0.05) is 125 Å². The van der Waals surface area contributed by atoms with Crippen LogP contribution in [0, 0.1) is 6.92 Å². The minimum Gasteiger partial charge on any atom is -0.454 e. The van der Waals surface area contributed by atoms with Crippen LogP contribution in [0.4, 0.5) is 28.4 Å². The number of aromatic nitrogens is 1. The lowest BCUT2D eigenvalue weighted by Gasteiger charge is -2.50. The second kappa shape index (κ2) is 11.8. The number of para-hydroxylation sites is 4. The molecule has 0 N–H and O–H groups in total. The van der Waals surface area contributed by atoms with Crippen molar-refractivity contribution in [2.24, 2.45) is 0 Å². The van der Waals surface area contributed by atoms with Gasteiger partial charge in [0, 0.05) is 49.8 Å². The van der Waals surface area contributed by atoms with E-state index in [-0.39, 0.29) is 22.3 Å². The Morgan fingerprint density at radius 3 is 2.17 bits per heavy atom. The molecule has 7 aromatic carbocycles. The highest BCUT2D eigenvalue weighted by molar-refractivity contribution is 6.21. The second-order valence-corrected chi connectivity index (χ2v) is 20.5. The summed E-state index contributed by atoms with van der Waals surface area (Å²) >= 11 is 0. The molecule has 3 unspecified atom stereocenters. The van der Waals surface area contributed by atoms with E-state index in [9.17, 15) is 0 Å². The van der Waals surface area contributed by atoms with E-state index < -0.39 is 0 Å². The summed E-state index contributed by atoms with van der Waals surface area (Å²) < 4.78 is 16.2. The zero-order valence-corrected chi connectivity index (χ0v) is 36.8. The lowest BCUT2D eigenvalue weighted by Crippen LogP contribution is -2.54. The molecule has 0 saturated heterocycles. The highest BCUT2D eigenvalue weighted by atomic mass is 16.3. The monoisotopic (exact) mass is 819 g/mol. The third-order valence-electron chi connectivity index (χ3n) is 16.1. The average Bonchev–Trinajstić information content (AvgIpc) is 4.00. The van der Waals surface area contributed by atoms with Gasteiger partial charge >= 0.3 is 0 Å². The third-order valence-corrected chi connectivity index (χ3v) is 16.1. The molecule has 308 valence electrons. The van der Waals surface area contributed by atoms with E-state index in [1.807, 2.05) is 0 Å². The highest BCUT2D eigenvalue weighted by Gasteiger charge is 2.58. The van der Waals surface area contributed by atoms with Gasteiger partial charge in [0.2, 0.25) is 5.71 Å². The lowest BCUT2D eigenvalue weighted by atomic mass is 9.61. The number of nitrogens with zero attached hydrogens (tertiary/aromatic N) is 3. The molecule has 0 bridgehead atoms. The Morgan fingerprint density at radius 1 is 0.603 bits per heavy atom. The van der Waals surface area contributed by atoms with E-state index in [0.717, 1.165) is 50.7 Å². The zero-order valence-electron chi connectivity index (χ0n) is 36.8. The Balaban J connectivity index is 1.09. The summed E-state index contributed by atoms with van der Waals surface area (Å²) in [5.74, 6) is 0.00277. The maximum atomic E-state index is 6.92. The fourth-order valence-electron chi connectivity index (χ4n) is 12.9. The third kappa shape index (κ3) is 4.38. The van der Waals surface area contributed by atoms with Crippen molar-refractivity contribution in [1.29, 1.82) is 0 Å². The van der Waals surface area contributed by atoms with Crippen molar-refractivity contribution in [1.82, 2.24) is 4.57 Å². The molecule has 5 heteroatoms. The summed E-state index contributed by atoms with van der Waals surface area (Å²) in [5, 5.41) is 5.83. The lowest BCUT2D eigenvalue weighted by molar-refractivity contribution is 0.195. The molecule has 0 spiro atoms. The van der Waals surface area contributed by atoms with E-state index in [0.29, 0.717) is 0 Å². The van der Waals surface area contributed by atoms with Gasteiger partial charge in [0.15, 0.2) is 5.58 Å². The largest absolute Gasteiger partial charge is 0.454 e. The van der Waals surface area contributed by atoms with Crippen molar-refractivity contribution in [2.45, 2.75) is 89.5 Å². The number of aryl methyl sites for hydroxylation is 1. The van der Waals surface area contributed by atoms with Crippen molar-refractivity contribution in [3.8, 4) is 5.69 Å². The summed E-state index contributed by atoms with van der Waals surface area (Å²) in [4.78, 5) is 5.29. The molecule has 1 fully saturated rings. The van der Waals surface area contributed by atoms with Crippen LogP contribution in [0.2, 0.25) is 0 Å². The summed E-state index contributed by atoms with van der Waals surface area (Å²) in [5.41, 5.74) is 20.0. The molecule has 3 atom stereocenters. The first-order valence-electron chi connectivity index (χ1n) is 22.9. The van der Waals surface area contributed by atoms with Crippen molar-refractivity contribution in [3.63, 3.8) is 0 Å². The second-order valence-electron chi connectivity index (χ2n) is 20.5. The van der Waals surface area contributed by atoms with Gasteiger partial charge in [-0.3, -0.25) is 4.57 Å². The van der Waals surface area contributed by atoms with Crippen molar-refractivity contribution in [3.05, 3.63) is 167 Å². The normalized spacial score (nSPS) is 21.1. The van der Waals surface area contributed by atoms with Crippen molar-refractivity contribution >= 4 is 83.3 Å². The smallest absolute Gasteiger partial charge is 0.213 e. The van der Waals surface area contributed by atoms with Gasteiger partial charge in [-0.2, -0.15) is 0 Å². The van der Waals surface area contributed by atoms with Gasteiger partial charge in [0.1, 0.15) is 11.2 Å². The fraction of sp³-hybridized carbons (Fsp3) is 0.241. The van der Waals surface area contributed by atoms with E-state index in [4.69, 9.17) is 8.83 Å². The molecule has 63 heavy (non-hydrogen) atoms. The minimum atomic E-state index is -0.0909. The van der Waals surface area contributed by atoms with Gasteiger partial charge in [-0.15, -0.1) is 0 Å². The molecule has 0 radical (unpaired) electrons. The Morgan fingerprint density at radius 2 is 1.33 bits per heavy atom. The van der Waals surface area contributed by atoms with Crippen molar-refractivity contribution in [2.75, 3.05) is 9.80 Å². The van der Waals surface area contributed by atoms with Crippen molar-refractivity contribution < 1.29 is 8.83 Å². The Labute approximate surface area is 367 Å². The quantitative estimate of drug-likeness (QED) is 0.174. The van der Waals surface area contributed by atoms with Gasteiger partial charge < -0.3 is 18.6 Å². The molecule has 1 aliphatic carbocycles. The van der Waals surface area contributed by atoms with Crippen LogP contribution in [0.25, 0.3) is 60.6 Å². The molecule has 14 rings (SSSR count). The molecule has 5 nitrogen and oxygen atoms in total. The van der Waals surface area contributed by atoms with Gasteiger partial charge in [-0.25, -0.2) is 0 Å². The molecule has 3 aromatic heterocycles. The highest BCUT2D eigenvalue weighted by Crippen LogP contribution is 2.64. The van der Waals surface area contributed by atoms with Gasteiger partial charge in [0.05, 0.1) is 39.2 Å². The fourth-order valence-corrected chi connectivity index (χ4v) is 12.9. The van der Waals surface area contributed by atoms with E-state index in [1.54, 1.807) is 0 Å². The number of anilines is 5. The molecule has 10 aromatic rings. The first kappa shape index (κ1) is 35.8. The van der Waals surface area contributed by atoms with Crippen LogP contribution in [0.5, 0.6) is 0 Å². The maximum absolute atomic E-state index is 6.92. The molecular formula is C58H49N3O2. The molecule has 1 saturated carbocycles. The van der Waals surface area contributed by atoms with Gasteiger partial charge in [0.25, 0.3) is 0 Å². The summed E-state index contributed by atoms with van der Waals surface area (Å²) in [6.07, 6.45) is 4.81. The van der Waals surface area contributed by atoms with E-state index in [2.05, 4.69) is 189 Å². The summed E-state index contributed by atoms with van der Waals surface area (Å²) in [6.45, 7) is 14.4. The Kier molecular flexibility index (Phi) is 6.73. The van der Waals surface area contributed by atoms with Crippen LogP contribution < -0.4 is 9.80 Å². The van der Waals surface area contributed by atoms with Crippen LogP contribution in [0.15, 0.2) is 142 Å². The number of rotatable bonds is 2. The predicted molar refractivity (Wildman–Crippen MR) is 260 cm³/mol. The van der Waals surface area contributed by atoms with E-state index >= 15 is 0 Å². The first-order chi connectivity index (χ1) is 30.5. The summed E-state index contributed by atoms with van der Waals surface area (Å²) in [6, 6.07) is 50.2. The Bertz CT molecular complexity index is 3650. The topological polar surface area (TPSA) is 37.7 Å². The molecule has 4 aliphatic rings. The number of hydrogen-bond acceptors (Lipinski definition) is 4. The predicted octanol–water partition coefficient (Wildman–Crippen LogP) is 16.1. The van der Waals surface area contributed by atoms with Gasteiger partial charge in [-0.05, 0) is 108 Å². The molecule has 6 heterocycles. The zero-order chi connectivity index (χ0) is 42.3. The standard InChI is InChI=1S/C58H49N3O2/c1-33-29-46-52-47(30-33)60-53-40(18-13-19-41(53)51-39-16-8-10-22-49(39)63-55(51)60)50(52)38-25-24-35(32-45(38)59(46)44-20-14-17-37-36-15-7-9-21-48(36)62-54(37)44)61-43-26-23-34(56(2,3)4)31-42(43)57(5)27-11-12-28-58(57,61)6/h7-10,13-26,29-32,50H,11-12,27-28H2,1-6H3. The van der Waals surface area contributed by atoms with Crippen LogP contribution in [-0.4, -0.2) is 10.1 Å². The molecule has 0 amide bonds. The molecular weight excluding hydrogens is 771 g/mol. The van der Waals surface area contributed by atoms with Crippen LogP contribution in [0.1, 0.15) is 99.6 Å². The van der Waals surface area contributed by atoms with Crippen LogP contribution >= 0.6 is 0 Å². The minimum absolute atomic E-state index is 0.00277. The number of furan rings is 2. The maximum Gasteiger partial charge on any atom is 0.213 e. The SMILES string of the molecule is Cc1cc2c3c(c1)-n1c4oc5ccccc5c4c4cccc(c41)C3c1ccc(N3c4ccc(C(C)(C)C)cc4C4(C)CCCCC34C)cc1N2c1cccc2c1oc1ccccc12. The van der Waals surface area contributed by atoms with Crippen LogP contribution in [-0.2, 0) is 10.8 Å². The Hall–Kier alpha value is -6.72. The number of fused-ring (bicyclic) bond motifs is 15. The summed E-state index contributed by atoms with van der Waals surface area (Å²) in [7, 11) is 0. The average molecular weight is 820 g/mol. The first-order valence-corrected chi connectivity index (χ1v) is 22.9. The van der Waals surface area contributed by atoms with E-state index in [1.165, 1.54) is 97.4 Å².